The summed E-state index contributed by atoms with van der Waals surface area (Å²) >= 11 is 0. The summed E-state index contributed by atoms with van der Waals surface area (Å²) < 4.78 is 35.5. The number of benzene rings is 2. The van der Waals surface area contributed by atoms with E-state index in [-0.39, 0.29) is 0 Å². The van der Waals surface area contributed by atoms with E-state index >= 15 is 0 Å². The Bertz CT molecular complexity index is 868. The van der Waals surface area contributed by atoms with E-state index < -0.39 is 22.0 Å². The van der Waals surface area contributed by atoms with E-state index in [0.29, 0.717) is 22.7 Å². The summed E-state index contributed by atoms with van der Waals surface area (Å²) in [5, 5.41) is 2.74. The van der Waals surface area contributed by atoms with Gasteiger partial charge in [-0.2, -0.15) is 4.31 Å². The average Bonchev–Trinajstić information content (AvgIpc) is 2.61. The minimum atomic E-state index is -3.60. The van der Waals surface area contributed by atoms with Gasteiger partial charge in [-0.3, -0.25) is 4.79 Å². The molecule has 0 saturated heterocycles. The van der Waals surface area contributed by atoms with Crippen LogP contribution in [0.4, 0.5) is 5.69 Å². The van der Waals surface area contributed by atoms with Crippen LogP contribution in [0.5, 0.6) is 11.5 Å². The molecule has 0 aliphatic heterocycles. The third-order valence-electron chi connectivity index (χ3n) is 3.91. The summed E-state index contributed by atoms with van der Waals surface area (Å²) in [7, 11) is 0.763. The third kappa shape index (κ3) is 4.53. The monoisotopic (exact) mass is 378 g/mol. The maximum atomic E-state index is 13.0. The lowest BCUT2D eigenvalue weighted by atomic mass is 10.1. The number of carbonyl (C=O) groups is 1. The SMILES string of the molecule is COc1ccc(OC)c(NC(=O)[C@@H](c2ccccc2)N(C)S(C)(=O)=O)c1. The molecule has 1 atom stereocenters. The molecule has 26 heavy (non-hydrogen) atoms. The maximum Gasteiger partial charge on any atom is 0.247 e. The Kier molecular flexibility index (Phi) is 6.23. The molecule has 8 heteroatoms. The fraction of sp³-hybridized carbons (Fsp3) is 0.278. The molecule has 0 fully saturated rings. The minimum Gasteiger partial charge on any atom is -0.497 e. The molecule has 2 aromatic rings. The normalized spacial score (nSPS) is 12.5. The van der Waals surface area contributed by atoms with E-state index in [4.69, 9.17) is 9.47 Å². The lowest BCUT2D eigenvalue weighted by Gasteiger charge is -2.26. The van der Waals surface area contributed by atoms with Crippen LogP contribution in [0.3, 0.4) is 0 Å². The van der Waals surface area contributed by atoms with Gasteiger partial charge in [0, 0.05) is 13.1 Å². The molecule has 2 aromatic carbocycles. The number of methoxy groups -OCH3 is 2. The highest BCUT2D eigenvalue weighted by atomic mass is 32.2. The Labute approximate surface area is 153 Å². The van der Waals surface area contributed by atoms with E-state index in [1.807, 2.05) is 0 Å². The zero-order valence-electron chi connectivity index (χ0n) is 15.1. The summed E-state index contributed by atoms with van der Waals surface area (Å²) in [6, 6.07) is 12.6. The molecule has 0 unspecified atom stereocenters. The lowest BCUT2D eigenvalue weighted by Crippen LogP contribution is -2.38. The quantitative estimate of drug-likeness (QED) is 0.799. The molecule has 0 aliphatic carbocycles. The third-order valence-corrected chi connectivity index (χ3v) is 5.17. The largest absolute Gasteiger partial charge is 0.497 e. The molecular formula is C18H22N2O5S. The van der Waals surface area contributed by atoms with Crippen molar-refractivity contribution in [2.24, 2.45) is 0 Å². The second-order valence-electron chi connectivity index (χ2n) is 5.65. The molecule has 0 saturated carbocycles. The number of ether oxygens (including phenoxy) is 2. The Morgan fingerprint density at radius 3 is 2.27 bits per heavy atom. The van der Waals surface area contributed by atoms with Crippen molar-refractivity contribution in [3.63, 3.8) is 0 Å². The van der Waals surface area contributed by atoms with E-state index in [2.05, 4.69) is 5.32 Å². The van der Waals surface area contributed by atoms with Crippen LogP contribution in [-0.2, 0) is 14.8 Å². The minimum absolute atomic E-state index is 0.389. The molecule has 1 N–H and O–H groups in total. The van der Waals surface area contributed by atoms with Gasteiger partial charge in [0.15, 0.2) is 0 Å². The first-order valence-corrected chi connectivity index (χ1v) is 9.63. The van der Waals surface area contributed by atoms with Gasteiger partial charge in [-0.05, 0) is 17.7 Å². The van der Waals surface area contributed by atoms with Crippen LogP contribution in [-0.4, -0.2) is 46.2 Å². The first kappa shape index (κ1) is 19.7. The summed E-state index contributed by atoms with van der Waals surface area (Å²) in [5.41, 5.74) is 0.944. The molecule has 7 nitrogen and oxygen atoms in total. The van der Waals surface area contributed by atoms with Crippen molar-refractivity contribution in [3.05, 3.63) is 54.1 Å². The van der Waals surface area contributed by atoms with Crippen LogP contribution in [0.25, 0.3) is 0 Å². The number of nitrogens with one attached hydrogen (secondary N) is 1. The number of anilines is 1. The van der Waals surface area contributed by atoms with Crippen molar-refractivity contribution in [1.29, 1.82) is 0 Å². The fourth-order valence-corrected chi connectivity index (χ4v) is 3.07. The maximum absolute atomic E-state index is 13.0. The van der Waals surface area contributed by atoms with Crippen molar-refractivity contribution in [3.8, 4) is 11.5 Å². The molecule has 0 aromatic heterocycles. The second-order valence-corrected chi connectivity index (χ2v) is 7.69. The van der Waals surface area contributed by atoms with Crippen molar-refractivity contribution < 1.29 is 22.7 Å². The smallest absolute Gasteiger partial charge is 0.247 e. The van der Waals surface area contributed by atoms with Gasteiger partial charge in [0.1, 0.15) is 17.5 Å². The van der Waals surface area contributed by atoms with Crippen LogP contribution >= 0.6 is 0 Å². The topological polar surface area (TPSA) is 84.9 Å². The number of likely N-dealkylation sites (N-methyl/N-ethyl adjacent to an activating group) is 1. The molecule has 2 rings (SSSR count). The first-order chi connectivity index (χ1) is 12.3. The highest BCUT2D eigenvalue weighted by Crippen LogP contribution is 2.31. The lowest BCUT2D eigenvalue weighted by molar-refractivity contribution is -0.119. The van der Waals surface area contributed by atoms with E-state index in [1.165, 1.54) is 21.3 Å². The first-order valence-electron chi connectivity index (χ1n) is 7.78. The molecular weight excluding hydrogens is 356 g/mol. The van der Waals surface area contributed by atoms with Crippen LogP contribution in [0.1, 0.15) is 11.6 Å². The standard InChI is InChI=1S/C18H22N2O5S/c1-20(26(4,22)23)17(13-8-6-5-7-9-13)18(21)19-15-12-14(24-2)10-11-16(15)25-3/h5-12,17H,1-4H3,(H,19,21)/t17-/m1/s1. The Hall–Kier alpha value is -2.58. The number of rotatable bonds is 7. The second kappa shape index (κ2) is 8.20. The van der Waals surface area contributed by atoms with Crippen molar-refractivity contribution in [2.75, 3.05) is 32.8 Å². The fourth-order valence-electron chi connectivity index (χ4n) is 2.47. The van der Waals surface area contributed by atoms with Crippen LogP contribution < -0.4 is 14.8 Å². The van der Waals surface area contributed by atoms with E-state index in [1.54, 1.807) is 48.5 Å². The van der Waals surface area contributed by atoms with Crippen molar-refractivity contribution in [2.45, 2.75) is 6.04 Å². The molecule has 1 amide bonds. The zero-order valence-corrected chi connectivity index (χ0v) is 15.9. The van der Waals surface area contributed by atoms with Gasteiger partial charge in [0.2, 0.25) is 15.9 Å². The van der Waals surface area contributed by atoms with Gasteiger partial charge >= 0.3 is 0 Å². The van der Waals surface area contributed by atoms with Crippen LogP contribution in [0.2, 0.25) is 0 Å². The highest BCUT2D eigenvalue weighted by molar-refractivity contribution is 7.88. The summed E-state index contributed by atoms with van der Waals surface area (Å²) in [4.78, 5) is 13.0. The highest BCUT2D eigenvalue weighted by Gasteiger charge is 2.31. The van der Waals surface area contributed by atoms with Gasteiger partial charge < -0.3 is 14.8 Å². The number of hydrogen-bond donors (Lipinski definition) is 1. The van der Waals surface area contributed by atoms with E-state index in [0.717, 1.165) is 10.6 Å². The van der Waals surface area contributed by atoms with Crippen molar-refractivity contribution >= 4 is 21.6 Å². The average molecular weight is 378 g/mol. The summed E-state index contributed by atoms with van der Waals surface area (Å²) in [6.07, 6.45) is 1.06. The predicted octanol–water partition coefficient (Wildman–Crippen LogP) is 2.28. The molecule has 0 bridgehead atoms. The Morgan fingerprint density at radius 1 is 1.08 bits per heavy atom. The number of nitrogens with zero attached hydrogens (tertiary/aromatic N) is 1. The summed E-state index contributed by atoms with van der Waals surface area (Å²) in [6.45, 7) is 0. The van der Waals surface area contributed by atoms with E-state index in [9.17, 15) is 13.2 Å². The van der Waals surface area contributed by atoms with Crippen LogP contribution in [0.15, 0.2) is 48.5 Å². The predicted molar refractivity (Wildman–Crippen MR) is 100.0 cm³/mol. The molecule has 140 valence electrons. The number of carbonyl (C=O) groups excluding carboxylic acids is 1. The van der Waals surface area contributed by atoms with Gasteiger partial charge in [-0.15, -0.1) is 0 Å². The Balaban J connectivity index is 2.42. The molecule has 0 spiro atoms. The molecule has 0 heterocycles. The number of amides is 1. The van der Waals surface area contributed by atoms with Gasteiger partial charge in [0.25, 0.3) is 0 Å². The number of sulfonamides is 1. The zero-order chi connectivity index (χ0) is 19.3. The number of hydrogen-bond acceptors (Lipinski definition) is 5. The Morgan fingerprint density at radius 2 is 1.73 bits per heavy atom. The molecule has 0 aliphatic rings. The van der Waals surface area contributed by atoms with Gasteiger partial charge in [0.05, 0.1) is 26.2 Å². The van der Waals surface area contributed by atoms with Gasteiger partial charge in [-0.1, -0.05) is 30.3 Å². The summed E-state index contributed by atoms with van der Waals surface area (Å²) in [5.74, 6) is 0.470. The van der Waals surface area contributed by atoms with Crippen LogP contribution in [0, 0.1) is 0 Å². The van der Waals surface area contributed by atoms with Gasteiger partial charge in [-0.25, -0.2) is 8.42 Å². The van der Waals surface area contributed by atoms with Crippen molar-refractivity contribution in [1.82, 2.24) is 4.31 Å². The molecule has 0 radical (unpaired) electrons.